The van der Waals surface area contributed by atoms with Crippen LogP contribution in [0.3, 0.4) is 0 Å². The van der Waals surface area contributed by atoms with Crippen molar-refractivity contribution in [1.29, 1.82) is 0 Å². The lowest BCUT2D eigenvalue weighted by Gasteiger charge is -2.31. The van der Waals surface area contributed by atoms with Crippen LogP contribution < -0.4 is 0 Å². The summed E-state index contributed by atoms with van der Waals surface area (Å²) in [4.78, 5) is 18.6. The molecule has 1 saturated heterocycles. The molecule has 112 valence electrons. The van der Waals surface area contributed by atoms with Crippen molar-refractivity contribution >= 4 is 17.3 Å². The normalized spacial score (nSPS) is 19.7. The smallest absolute Gasteiger partial charge is 0.303 e. The zero-order valence-corrected chi connectivity index (χ0v) is 12.5. The molecule has 21 heavy (non-hydrogen) atoms. The number of carboxylic acid groups (broad SMARTS) is 1. The van der Waals surface area contributed by atoms with Crippen LogP contribution in [0.25, 0.3) is 10.8 Å². The highest BCUT2D eigenvalue weighted by atomic mass is 32.1. The number of hydrogen-bond acceptors (Lipinski definition) is 5. The number of rotatable bonds is 5. The van der Waals surface area contributed by atoms with Gasteiger partial charge in [-0.25, -0.2) is 4.98 Å². The number of thiophene rings is 1. The maximum atomic E-state index is 10.8. The van der Waals surface area contributed by atoms with Crippen molar-refractivity contribution in [3.05, 3.63) is 29.5 Å². The molecule has 1 aliphatic rings. The molecule has 1 atom stereocenters. The predicted octanol–water partition coefficient (Wildman–Crippen LogP) is 3.09. The van der Waals surface area contributed by atoms with E-state index in [1.165, 1.54) is 0 Å². The first-order valence-corrected chi connectivity index (χ1v) is 8.01. The van der Waals surface area contributed by atoms with Gasteiger partial charge in [0.1, 0.15) is 6.26 Å². The third kappa shape index (κ3) is 3.71. The minimum absolute atomic E-state index is 0.250. The molecule has 3 heterocycles. The van der Waals surface area contributed by atoms with Gasteiger partial charge in [-0.2, -0.15) is 0 Å². The average molecular weight is 306 g/mol. The highest BCUT2D eigenvalue weighted by molar-refractivity contribution is 7.13. The Labute approximate surface area is 127 Å². The van der Waals surface area contributed by atoms with E-state index in [1.807, 2.05) is 17.5 Å². The quantitative estimate of drug-likeness (QED) is 0.919. The Hall–Kier alpha value is -1.66. The maximum Gasteiger partial charge on any atom is 0.303 e. The van der Waals surface area contributed by atoms with E-state index in [4.69, 9.17) is 9.52 Å². The van der Waals surface area contributed by atoms with Crippen LogP contribution in [0.15, 0.2) is 28.2 Å². The van der Waals surface area contributed by atoms with Gasteiger partial charge in [-0.1, -0.05) is 6.07 Å². The minimum Gasteiger partial charge on any atom is -0.481 e. The highest BCUT2D eigenvalue weighted by Gasteiger charge is 2.22. The van der Waals surface area contributed by atoms with Crippen LogP contribution in [0.5, 0.6) is 0 Å². The first-order valence-electron chi connectivity index (χ1n) is 7.13. The molecule has 0 spiro atoms. The summed E-state index contributed by atoms with van der Waals surface area (Å²) in [6.45, 7) is 2.55. The molecule has 1 aliphatic heterocycles. The third-order valence-corrected chi connectivity index (χ3v) is 4.59. The van der Waals surface area contributed by atoms with Crippen molar-refractivity contribution < 1.29 is 14.3 Å². The van der Waals surface area contributed by atoms with Crippen LogP contribution in [0.1, 0.15) is 25.0 Å². The fourth-order valence-corrected chi connectivity index (χ4v) is 3.49. The molecule has 1 fully saturated rings. The summed E-state index contributed by atoms with van der Waals surface area (Å²) < 4.78 is 5.52. The summed E-state index contributed by atoms with van der Waals surface area (Å²) in [5, 5.41) is 10.9. The number of likely N-dealkylation sites (tertiary alicyclic amines) is 1. The molecule has 0 saturated carbocycles. The molecule has 0 radical (unpaired) electrons. The van der Waals surface area contributed by atoms with Gasteiger partial charge in [0.2, 0.25) is 5.89 Å². The van der Waals surface area contributed by atoms with E-state index in [0.717, 1.165) is 43.0 Å². The van der Waals surface area contributed by atoms with Gasteiger partial charge in [0.05, 0.1) is 10.6 Å². The SMILES string of the molecule is O=C(O)CC1CCCN(Cc2coc(-c3cccs3)n2)C1. The van der Waals surface area contributed by atoms with E-state index >= 15 is 0 Å². The number of nitrogens with zero attached hydrogens (tertiary/aromatic N) is 2. The lowest BCUT2D eigenvalue weighted by molar-refractivity contribution is -0.138. The molecule has 3 rings (SSSR count). The summed E-state index contributed by atoms with van der Waals surface area (Å²) >= 11 is 1.61. The van der Waals surface area contributed by atoms with E-state index < -0.39 is 5.97 Å². The molecule has 1 unspecified atom stereocenters. The van der Waals surface area contributed by atoms with Crippen molar-refractivity contribution in [1.82, 2.24) is 9.88 Å². The Bertz CT molecular complexity index is 594. The number of carbonyl (C=O) groups is 1. The monoisotopic (exact) mass is 306 g/mol. The molecule has 0 bridgehead atoms. The van der Waals surface area contributed by atoms with Crippen molar-refractivity contribution in [2.45, 2.75) is 25.8 Å². The lowest BCUT2D eigenvalue weighted by Crippen LogP contribution is -2.35. The van der Waals surface area contributed by atoms with Crippen molar-refractivity contribution in [2.24, 2.45) is 5.92 Å². The van der Waals surface area contributed by atoms with Crippen molar-refractivity contribution in [2.75, 3.05) is 13.1 Å². The second-order valence-electron chi connectivity index (χ2n) is 5.46. The van der Waals surface area contributed by atoms with Gasteiger partial charge in [0, 0.05) is 19.5 Å². The maximum absolute atomic E-state index is 10.8. The molecule has 6 heteroatoms. The zero-order valence-electron chi connectivity index (χ0n) is 11.7. The Kier molecular flexibility index (Phi) is 4.36. The summed E-state index contributed by atoms with van der Waals surface area (Å²) in [6, 6.07) is 3.97. The molecular formula is C15H18N2O3S. The van der Waals surface area contributed by atoms with E-state index in [1.54, 1.807) is 17.6 Å². The van der Waals surface area contributed by atoms with Crippen LogP contribution in [0.2, 0.25) is 0 Å². The van der Waals surface area contributed by atoms with Gasteiger partial charge >= 0.3 is 5.97 Å². The van der Waals surface area contributed by atoms with Gasteiger partial charge in [-0.3, -0.25) is 9.69 Å². The van der Waals surface area contributed by atoms with Crippen LogP contribution >= 0.6 is 11.3 Å². The third-order valence-electron chi connectivity index (χ3n) is 3.74. The number of oxazole rings is 1. The van der Waals surface area contributed by atoms with Gasteiger partial charge in [-0.15, -0.1) is 11.3 Å². The van der Waals surface area contributed by atoms with Crippen LogP contribution in [0, 0.1) is 5.92 Å². The zero-order chi connectivity index (χ0) is 14.7. The Morgan fingerprint density at radius 2 is 2.48 bits per heavy atom. The number of hydrogen-bond donors (Lipinski definition) is 1. The Morgan fingerprint density at radius 3 is 3.24 bits per heavy atom. The van der Waals surface area contributed by atoms with Crippen molar-refractivity contribution in [3.63, 3.8) is 0 Å². The number of aliphatic carboxylic acids is 1. The number of piperidine rings is 1. The molecular weight excluding hydrogens is 288 g/mol. The second kappa shape index (κ2) is 6.41. The first-order chi connectivity index (χ1) is 10.2. The van der Waals surface area contributed by atoms with E-state index in [-0.39, 0.29) is 12.3 Å². The van der Waals surface area contributed by atoms with Crippen LogP contribution in [-0.2, 0) is 11.3 Å². The predicted molar refractivity (Wildman–Crippen MR) is 80.1 cm³/mol. The lowest BCUT2D eigenvalue weighted by atomic mass is 9.95. The fourth-order valence-electron chi connectivity index (χ4n) is 2.83. The topological polar surface area (TPSA) is 66.6 Å². The van der Waals surface area contributed by atoms with E-state index in [2.05, 4.69) is 9.88 Å². The van der Waals surface area contributed by atoms with Gasteiger partial charge in [-0.05, 0) is 36.8 Å². The van der Waals surface area contributed by atoms with Gasteiger partial charge < -0.3 is 9.52 Å². The fraction of sp³-hybridized carbons (Fsp3) is 0.467. The van der Waals surface area contributed by atoms with Gasteiger partial charge in [0.15, 0.2) is 0 Å². The standard InChI is InChI=1S/C15H18N2O3S/c18-14(19)7-11-3-1-5-17(8-11)9-12-10-20-15(16-12)13-4-2-6-21-13/h2,4,6,10-11H,1,3,5,7-9H2,(H,18,19). The molecule has 0 aromatic carbocycles. The molecule has 0 amide bonds. The van der Waals surface area contributed by atoms with Crippen LogP contribution in [0.4, 0.5) is 0 Å². The summed E-state index contributed by atoms with van der Waals surface area (Å²) in [6.07, 6.45) is 4.02. The van der Waals surface area contributed by atoms with E-state index in [9.17, 15) is 4.79 Å². The molecule has 0 aliphatic carbocycles. The average Bonchev–Trinajstić information content (AvgIpc) is 3.08. The summed E-state index contributed by atoms with van der Waals surface area (Å²) in [5.41, 5.74) is 0.911. The first kappa shape index (κ1) is 14.3. The Morgan fingerprint density at radius 1 is 1.57 bits per heavy atom. The molecule has 5 nitrogen and oxygen atoms in total. The molecule has 1 N–H and O–H groups in total. The molecule has 2 aromatic rings. The Balaban J connectivity index is 1.60. The number of aromatic nitrogens is 1. The second-order valence-corrected chi connectivity index (χ2v) is 6.41. The van der Waals surface area contributed by atoms with Crippen LogP contribution in [-0.4, -0.2) is 34.0 Å². The van der Waals surface area contributed by atoms with E-state index in [0.29, 0.717) is 5.89 Å². The van der Waals surface area contributed by atoms with Gasteiger partial charge in [0.25, 0.3) is 0 Å². The van der Waals surface area contributed by atoms with Crippen molar-refractivity contribution in [3.8, 4) is 10.8 Å². The highest BCUT2D eigenvalue weighted by Crippen LogP contribution is 2.25. The largest absolute Gasteiger partial charge is 0.481 e. The summed E-state index contributed by atoms with van der Waals surface area (Å²) in [5.74, 6) is 0.210. The summed E-state index contributed by atoms with van der Waals surface area (Å²) in [7, 11) is 0. The minimum atomic E-state index is -0.705. The number of carboxylic acids is 1. The molecule has 2 aromatic heterocycles.